The number of halogens is 2. The minimum Gasteiger partial charge on any atom is -0.400 e. The van der Waals surface area contributed by atoms with E-state index in [4.69, 9.17) is 10.8 Å². The van der Waals surface area contributed by atoms with Crippen LogP contribution in [0.2, 0.25) is 0 Å². The van der Waals surface area contributed by atoms with E-state index in [-0.39, 0.29) is 55.4 Å². The van der Waals surface area contributed by atoms with E-state index in [9.17, 15) is 29.1 Å². The first-order chi connectivity index (χ1) is 26.5. The maximum Gasteiger partial charge on any atom is 0.312 e. The van der Waals surface area contributed by atoms with Gasteiger partial charge in [0.1, 0.15) is 0 Å². The molecule has 12 nitrogen and oxygen atoms in total. The minimum absolute atomic E-state index is 0.0877. The van der Waals surface area contributed by atoms with Crippen LogP contribution in [0.3, 0.4) is 0 Å². The number of benzene rings is 2. The molecule has 0 heterocycles. The van der Waals surface area contributed by atoms with Gasteiger partial charge in [-0.15, -0.1) is 0 Å². The van der Waals surface area contributed by atoms with Gasteiger partial charge in [-0.25, -0.2) is 4.79 Å². The lowest BCUT2D eigenvalue weighted by Crippen LogP contribution is -2.45. The van der Waals surface area contributed by atoms with Gasteiger partial charge < -0.3 is 37.2 Å². The van der Waals surface area contributed by atoms with Crippen molar-refractivity contribution in [2.45, 2.75) is 124 Å². The number of carbonyl (C=O) groups excluding carboxylic acids is 5. The molecule has 314 valence electrons. The first kappa shape index (κ1) is 56.0. The summed E-state index contributed by atoms with van der Waals surface area (Å²) in [5.41, 5.74) is 9.03. The van der Waals surface area contributed by atoms with Gasteiger partial charge in [0, 0.05) is 60.9 Å². The van der Waals surface area contributed by atoms with Gasteiger partial charge in [0.25, 0.3) is 5.91 Å². The molecule has 0 unspecified atom stereocenters. The quantitative estimate of drug-likeness (QED) is 0.0491. The van der Waals surface area contributed by atoms with Crippen LogP contribution in [0.25, 0.3) is 0 Å². The maximum absolute atomic E-state index is 13.4. The molecule has 2 aromatic carbocycles. The third kappa shape index (κ3) is 25.5. The number of unbranched alkanes of at least 4 members (excludes halogenated alkanes) is 2. The molecule has 2 atom stereocenters. The second-order valence-electron chi connectivity index (χ2n) is 11.8. The molecule has 0 aliphatic heterocycles. The number of carbonyl (C=O) groups is 5. The number of urea groups is 1. The molecule has 2 aromatic rings. The molecule has 0 spiro atoms. The smallest absolute Gasteiger partial charge is 0.312 e. The molecule has 0 bridgehead atoms. The molecule has 8 N–H and O–H groups in total. The van der Waals surface area contributed by atoms with Crippen molar-refractivity contribution >= 4 is 67.1 Å². The second kappa shape index (κ2) is 36.3. The molecule has 55 heavy (non-hydrogen) atoms. The Labute approximate surface area is 347 Å². The zero-order valence-corrected chi connectivity index (χ0v) is 37.7. The van der Waals surface area contributed by atoms with E-state index in [1.54, 1.807) is 24.3 Å². The predicted octanol–water partition coefficient (Wildman–Crippen LogP) is 7.75. The molecule has 0 aromatic heterocycles. The van der Waals surface area contributed by atoms with Gasteiger partial charge in [0.2, 0.25) is 11.8 Å². The lowest BCUT2D eigenvalue weighted by atomic mass is 9.89. The Morgan fingerprint density at radius 3 is 1.78 bits per heavy atom. The summed E-state index contributed by atoms with van der Waals surface area (Å²) in [6, 6.07) is 11.1. The van der Waals surface area contributed by atoms with Crippen molar-refractivity contribution in [1.29, 1.82) is 0 Å². The third-order valence-corrected chi connectivity index (χ3v) is 8.87. The molecule has 2 rings (SSSR count). The predicted molar refractivity (Wildman–Crippen MR) is 232 cm³/mol. The van der Waals surface area contributed by atoms with Crippen molar-refractivity contribution in [2.75, 3.05) is 25.5 Å². The minimum atomic E-state index is -0.760. The van der Waals surface area contributed by atoms with Gasteiger partial charge in [-0.3, -0.25) is 19.2 Å². The molecule has 5 amide bonds. The van der Waals surface area contributed by atoms with Crippen LogP contribution < -0.4 is 27.0 Å². The molecule has 0 aliphatic carbocycles. The van der Waals surface area contributed by atoms with Crippen LogP contribution in [0.5, 0.6) is 0 Å². The SMILES string of the molecule is CC.CC.CC.CC(C)[C@H](NC(=O)CCCCCNC(=O)c1cc(CBr)cc(CBr)c1)C(=O)C[C@@H](CCCNC(N)=O)C(=O)Nc1ccc(CO)cc1.CO. The van der Waals surface area contributed by atoms with Crippen molar-refractivity contribution in [2.24, 2.45) is 17.6 Å². The highest BCUT2D eigenvalue weighted by Gasteiger charge is 2.29. The second-order valence-corrected chi connectivity index (χ2v) is 12.9. The molecule has 0 fully saturated rings. The number of anilines is 1. The molecule has 0 saturated heterocycles. The van der Waals surface area contributed by atoms with Crippen molar-refractivity contribution in [3.8, 4) is 0 Å². The van der Waals surface area contributed by atoms with E-state index in [0.29, 0.717) is 59.7 Å². The zero-order valence-electron chi connectivity index (χ0n) is 34.5. The van der Waals surface area contributed by atoms with Gasteiger partial charge >= 0.3 is 6.03 Å². The molecular weight excluding hydrogens is 834 g/mol. The van der Waals surface area contributed by atoms with E-state index < -0.39 is 18.0 Å². The van der Waals surface area contributed by atoms with E-state index in [1.807, 2.05) is 73.6 Å². The topological polar surface area (TPSA) is 200 Å². The Balaban J connectivity index is -0.00000316. The number of primary amides is 1. The van der Waals surface area contributed by atoms with Crippen molar-refractivity contribution in [3.63, 3.8) is 0 Å². The largest absolute Gasteiger partial charge is 0.400 e. The first-order valence-corrected chi connectivity index (χ1v) is 21.5. The number of aliphatic hydroxyl groups is 2. The van der Waals surface area contributed by atoms with Crippen molar-refractivity contribution in [1.82, 2.24) is 16.0 Å². The molecule has 0 radical (unpaired) electrons. The number of nitrogens with one attached hydrogen (secondary N) is 4. The summed E-state index contributed by atoms with van der Waals surface area (Å²) in [7, 11) is 1.00. The Hall–Kier alpha value is -3.33. The van der Waals surface area contributed by atoms with Crippen LogP contribution in [0.15, 0.2) is 42.5 Å². The standard InChI is InChI=1S/C34H47Br2N5O6.3C2H6.CH4O/c1-22(2)31(41-30(44)8-4-3-5-13-38-32(45)27-16-24(19-35)15-25(17-27)20-36)29(43)18-26(7-6-14-39-34(37)47)33(46)40-28-11-9-23(21-42)10-12-28;4*1-2/h9-12,15-17,22,26,31,42H,3-8,13-14,18-21H2,1-2H3,(H,38,45)(H,40,46)(H,41,44)(H3,37,39,47);3*1-2H3;2H,1H3/t26-,31+;;;;/m1..../s1. The molecule has 0 saturated carbocycles. The van der Waals surface area contributed by atoms with Gasteiger partial charge in [-0.2, -0.15) is 0 Å². The number of rotatable bonds is 21. The fourth-order valence-corrected chi connectivity index (χ4v) is 5.64. The van der Waals surface area contributed by atoms with E-state index in [1.165, 1.54) is 0 Å². The molecule has 14 heteroatoms. The summed E-state index contributed by atoms with van der Waals surface area (Å²) in [6.45, 7) is 16.3. The maximum atomic E-state index is 13.4. The van der Waals surface area contributed by atoms with Crippen LogP contribution in [0.1, 0.15) is 127 Å². The van der Waals surface area contributed by atoms with E-state index in [2.05, 4.69) is 53.1 Å². The summed E-state index contributed by atoms with van der Waals surface area (Å²) >= 11 is 6.88. The number of hydrogen-bond acceptors (Lipinski definition) is 7. The fourth-order valence-electron chi connectivity index (χ4n) is 5.00. The summed E-state index contributed by atoms with van der Waals surface area (Å²) in [6.07, 6.45) is 2.93. The van der Waals surface area contributed by atoms with Crippen LogP contribution in [0, 0.1) is 11.8 Å². The van der Waals surface area contributed by atoms with Gasteiger partial charge in [0.15, 0.2) is 5.78 Å². The Morgan fingerprint density at radius 2 is 1.29 bits per heavy atom. The monoisotopic (exact) mass is 901 g/mol. The lowest BCUT2D eigenvalue weighted by molar-refractivity contribution is -0.131. The number of alkyl halides is 2. The summed E-state index contributed by atoms with van der Waals surface area (Å²) in [5.74, 6) is -1.87. The molecule has 0 aliphatic rings. The number of nitrogens with two attached hydrogens (primary N) is 1. The van der Waals surface area contributed by atoms with Crippen LogP contribution in [-0.4, -0.2) is 66.0 Å². The average Bonchev–Trinajstić information content (AvgIpc) is 3.21. The highest BCUT2D eigenvalue weighted by molar-refractivity contribution is 9.08. The summed E-state index contributed by atoms with van der Waals surface area (Å²) in [5, 5.41) is 28.7. The first-order valence-electron chi connectivity index (χ1n) is 19.3. The van der Waals surface area contributed by atoms with Gasteiger partial charge in [-0.1, -0.05) is 112 Å². The summed E-state index contributed by atoms with van der Waals surface area (Å²) < 4.78 is 0. The van der Waals surface area contributed by atoms with Gasteiger partial charge in [-0.05, 0) is 72.6 Å². The number of Topliss-reactive ketones (excluding diaryl/α,β-unsaturated/α-hetero) is 1. The lowest BCUT2D eigenvalue weighted by Gasteiger charge is -2.24. The van der Waals surface area contributed by atoms with E-state index in [0.717, 1.165) is 24.7 Å². The Morgan fingerprint density at radius 1 is 0.745 bits per heavy atom. The number of aliphatic hydroxyl groups excluding tert-OH is 2. The van der Waals surface area contributed by atoms with Crippen LogP contribution >= 0.6 is 31.9 Å². The zero-order chi connectivity index (χ0) is 42.8. The summed E-state index contributed by atoms with van der Waals surface area (Å²) in [4.78, 5) is 63.1. The Bertz CT molecular complexity index is 1320. The van der Waals surface area contributed by atoms with E-state index >= 15 is 0 Å². The van der Waals surface area contributed by atoms with Crippen LogP contribution in [-0.2, 0) is 31.7 Å². The van der Waals surface area contributed by atoms with Crippen molar-refractivity contribution < 1.29 is 34.2 Å². The normalized spacial score (nSPS) is 10.9. The van der Waals surface area contributed by atoms with Gasteiger partial charge in [0.05, 0.1) is 12.6 Å². The van der Waals surface area contributed by atoms with Crippen LogP contribution in [0.4, 0.5) is 10.5 Å². The van der Waals surface area contributed by atoms with Crippen molar-refractivity contribution in [3.05, 3.63) is 64.7 Å². The Kier molecular flexibility index (Phi) is 37.0. The number of ketones is 1. The number of hydrogen-bond donors (Lipinski definition) is 7. The highest BCUT2D eigenvalue weighted by atomic mass is 79.9. The molecular formula is C41H69Br2N5O7. The average molecular weight is 904 g/mol. The number of amides is 5. The fraction of sp³-hybridized carbons (Fsp3) is 0.585. The highest BCUT2D eigenvalue weighted by Crippen LogP contribution is 2.20. The third-order valence-electron chi connectivity index (χ3n) is 7.57.